The summed E-state index contributed by atoms with van der Waals surface area (Å²) in [6.07, 6.45) is 1.95. The van der Waals surface area contributed by atoms with Crippen molar-refractivity contribution in [2.75, 3.05) is 7.05 Å². The number of carbonyl (C=O) groups excluding carboxylic acids is 1. The van der Waals surface area contributed by atoms with Crippen LogP contribution in [0.2, 0.25) is 0 Å². The van der Waals surface area contributed by atoms with Gasteiger partial charge in [0.25, 0.3) is 5.89 Å². The van der Waals surface area contributed by atoms with Gasteiger partial charge >= 0.3 is 5.97 Å². The number of rotatable bonds is 4. The third-order valence-corrected chi connectivity index (χ3v) is 3.76. The standard InChI is InChI=1S/C18H22N4O3/c1-18(2,3)24-17(23)14(19-4)16-20-15(21-25-16)12-10-22(5)13-9-7-6-8-11(12)13/h6-10,14,19H,1-5H3. The number of fused-ring (bicyclic) bond motifs is 1. The zero-order valence-electron chi connectivity index (χ0n) is 15.0. The summed E-state index contributed by atoms with van der Waals surface area (Å²) in [6, 6.07) is 7.16. The molecule has 2 heterocycles. The number of aromatic nitrogens is 3. The lowest BCUT2D eigenvalue weighted by Gasteiger charge is -2.22. The van der Waals surface area contributed by atoms with Gasteiger partial charge in [0.05, 0.1) is 0 Å². The number of benzene rings is 1. The van der Waals surface area contributed by atoms with Gasteiger partial charge in [-0.05, 0) is 33.9 Å². The Balaban J connectivity index is 1.94. The van der Waals surface area contributed by atoms with Crippen molar-refractivity contribution in [1.82, 2.24) is 20.0 Å². The van der Waals surface area contributed by atoms with E-state index in [1.807, 2.05) is 62.8 Å². The summed E-state index contributed by atoms with van der Waals surface area (Å²) >= 11 is 0. The molecule has 0 saturated heterocycles. The second-order valence-corrected chi connectivity index (χ2v) is 6.88. The lowest BCUT2D eigenvalue weighted by molar-refractivity contribution is -0.158. The van der Waals surface area contributed by atoms with Gasteiger partial charge in [-0.1, -0.05) is 23.4 Å². The summed E-state index contributed by atoms with van der Waals surface area (Å²) in [5.41, 5.74) is 1.33. The second-order valence-electron chi connectivity index (χ2n) is 6.88. The highest BCUT2D eigenvalue weighted by Gasteiger charge is 2.30. The minimum atomic E-state index is -0.810. The molecule has 0 fully saturated rings. The van der Waals surface area contributed by atoms with E-state index in [0.29, 0.717) is 5.82 Å². The molecular formula is C18H22N4O3. The summed E-state index contributed by atoms with van der Waals surface area (Å²) < 4.78 is 12.7. The monoisotopic (exact) mass is 342 g/mol. The van der Waals surface area contributed by atoms with Crippen molar-refractivity contribution < 1.29 is 14.1 Å². The van der Waals surface area contributed by atoms with E-state index in [2.05, 4.69) is 15.5 Å². The van der Waals surface area contributed by atoms with Crippen LogP contribution < -0.4 is 5.32 Å². The van der Waals surface area contributed by atoms with E-state index < -0.39 is 17.6 Å². The Bertz CT molecular complexity index is 905. The van der Waals surface area contributed by atoms with Gasteiger partial charge in [-0.25, -0.2) is 4.79 Å². The molecule has 3 rings (SSSR count). The summed E-state index contributed by atoms with van der Waals surface area (Å²) in [4.78, 5) is 16.7. The van der Waals surface area contributed by atoms with Crippen molar-refractivity contribution >= 4 is 16.9 Å². The molecule has 1 unspecified atom stereocenters. The molecule has 7 nitrogen and oxygen atoms in total. The number of esters is 1. The second kappa shape index (κ2) is 6.33. The molecule has 0 spiro atoms. The molecule has 0 radical (unpaired) electrons. The number of nitrogens with one attached hydrogen (secondary N) is 1. The molecule has 0 aliphatic heterocycles. The predicted molar refractivity (Wildman–Crippen MR) is 93.9 cm³/mol. The van der Waals surface area contributed by atoms with E-state index in [0.717, 1.165) is 16.5 Å². The average Bonchev–Trinajstić information content (AvgIpc) is 3.12. The number of likely N-dealkylation sites (N-methyl/N-ethyl adjacent to an activating group) is 1. The number of hydrogen-bond acceptors (Lipinski definition) is 6. The zero-order chi connectivity index (χ0) is 18.2. The van der Waals surface area contributed by atoms with E-state index >= 15 is 0 Å². The molecule has 1 N–H and O–H groups in total. The molecule has 0 bridgehead atoms. The summed E-state index contributed by atoms with van der Waals surface area (Å²) in [7, 11) is 3.61. The minimum Gasteiger partial charge on any atom is -0.458 e. The molecule has 0 aliphatic carbocycles. The Labute approximate surface area is 146 Å². The molecule has 0 aliphatic rings. The quantitative estimate of drug-likeness (QED) is 0.734. The van der Waals surface area contributed by atoms with Gasteiger partial charge in [-0.2, -0.15) is 4.98 Å². The highest BCUT2D eigenvalue weighted by atomic mass is 16.6. The van der Waals surface area contributed by atoms with Crippen LogP contribution in [0.4, 0.5) is 0 Å². The van der Waals surface area contributed by atoms with E-state index in [-0.39, 0.29) is 5.89 Å². The number of nitrogens with zero attached hydrogens (tertiary/aromatic N) is 3. The van der Waals surface area contributed by atoms with Crippen LogP contribution in [0.15, 0.2) is 35.0 Å². The molecule has 1 atom stereocenters. The van der Waals surface area contributed by atoms with Crippen molar-refractivity contribution in [2.24, 2.45) is 7.05 Å². The van der Waals surface area contributed by atoms with Crippen LogP contribution in [0.5, 0.6) is 0 Å². The Kier molecular flexibility index (Phi) is 4.34. The van der Waals surface area contributed by atoms with Crippen LogP contribution in [0, 0.1) is 0 Å². The maximum Gasteiger partial charge on any atom is 0.333 e. The fraction of sp³-hybridized carbons (Fsp3) is 0.389. The molecule has 7 heteroatoms. The summed E-state index contributed by atoms with van der Waals surface area (Å²) in [6.45, 7) is 5.44. The largest absolute Gasteiger partial charge is 0.458 e. The van der Waals surface area contributed by atoms with Gasteiger partial charge < -0.3 is 13.8 Å². The number of aryl methyl sites for hydroxylation is 1. The molecule has 1 aromatic carbocycles. The van der Waals surface area contributed by atoms with E-state index in [1.54, 1.807) is 7.05 Å². The lowest BCUT2D eigenvalue weighted by atomic mass is 10.1. The maximum absolute atomic E-state index is 12.3. The first kappa shape index (κ1) is 17.2. The molecule has 0 amide bonds. The SMILES string of the molecule is CNC(C(=O)OC(C)(C)C)c1nc(-c2cn(C)c3ccccc23)no1. The van der Waals surface area contributed by atoms with E-state index in [9.17, 15) is 4.79 Å². The summed E-state index contributed by atoms with van der Waals surface area (Å²) in [5, 5.41) is 7.95. The molecule has 2 aromatic heterocycles. The molecule has 25 heavy (non-hydrogen) atoms. The fourth-order valence-electron chi connectivity index (χ4n) is 2.68. The van der Waals surface area contributed by atoms with Gasteiger partial charge in [0.15, 0.2) is 6.04 Å². The highest BCUT2D eigenvalue weighted by molar-refractivity contribution is 5.94. The van der Waals surface area contributed by atoms with Crippen molar-refractivity contribution in [3.05, 3.63) is 36.4 Å². The number of hydrogen-bond donors (Lipinski definition) is 1. The Hall–Kier alpha value is -2.67. The first-order chi connectivity index (χ1) is 11.8. The fourth-order valence-corrected chi connectivity index (χ4v) is 2.68. The van der Waals surface area contributed by atoms with E-state index in [4.69, 9.17) is 9.26 Å². The van der Waals surface area contributed by atoms with Crippen LogP contribution in [0.1, 0.15) is 32.7 Å². The third-order valence-electron chi connectivity index (χ3n) is 3.76. The van der Waals surface area contributed by atoms with Gasteiger partial charge in [0.1, 0.15) is 5.60 Å². The van der Waals surface area contributed by atoms with Crippen LogP contribution in [0.3, 0.4) is 0 Å². The minimum absolute atomic E-state index is 0.180. The normalized spacial score (nSPS) is 13.2. The van der Waals surface area contributed by atoms with Crippen molar-refractivity contribution in [3.63, 3.8) is 0 Å². The number of ether oxygens (including phenoxy) is 1. The van der Waals surface area contributed by atoms with Crippen molar-refractivity contribution in [1.29, 1.82) is 0 Å². The first-order valence-electron chi connectivity index (χ1n) is 8.08. The summed E-state index contributed by atoms with van der Waals surface area (Å²) in [5.74, 6) is 0.165. The van der Waals surface area contributed by atoms with Gasteiger partial charge in [-0.15, -0.1) is 0 Å². The smallest absolute Gasteiger partial charge is 0.333 e. The molecular weight excluding hydrogens is 320 g/mol. The Morgan fingerprint density at radius 3 is 2.72 bits per heavy atom. The molecule has 132 valence electrons. The third kappa shape index (κ3) is 3.41. The van der Waals surface area contributed by atoms with Crippen LogP contribution in [-0.2, 0) is 16.6 Å². The average molecular weight is 342 g/mol. The predicted octanol–water partition coefficient (Wildman–Crippen LogP) is 2.83. The Morgan fingerprint density at radius 2 is 2.04 bits per heavy atom. The Morgan fingerprint density at radius 1 is 1.32 bits per heavy atom. The lowest BCUT2D eigenvalue weighted by Crippen LogP contribution is -2.33. The molecule has 0 saturated carbocycles. The van der Waals surface area contributed by atoms with Crippen molar-refractivity contribution in [2.45, 2.75) is 32.4 Å². The van der Waals surface area contributed by atoms with Crippen LogP contribution >= 0.6 is 0 Å². The topological polar surface area (TPSA) is 82.2 Å². The van der Waals surface area contributed by atoms with E-state index in [1.165, 1.54) is 0 Å². The van der Waals surface area contributed by atoms with Gasteiger partial charge in [-0.3, -0.25) is 5.32 Å². The molecule has 3 aromatic rings. The van der Waals surface area contributed by atoms with Gasteiger partial charge in [0.2, 0.25) is 5.82 Å². The van der Waals surface area contributed by atoms with Gasteiger partial charge in [0, 0.05) is 29.7 Å². The number of carbonyl (C=O) groups is 1. The van der Waals surface area contributed by atoms with Crippen molar-refractivity contribution in [3.8, 4) is 11.4 Å². The van der Waals surface area contributed by atoms with Crippen LogP contribution in [-0.4, -0.2) is 33.3 Å². The van der Waals surface area contributed by atoms with Crippen LogP contribution in [0.25, 0.3) is 22.3 Å². The maximum atomic E-state index is 12.3. The first-order valence-corrected chi connectivity index (χ1v) is 8.08. The highest BCUT2D eigenvalue weighted by Crippen LogP contribution is 2.29. The number of para-hydroxylation sites is 1. The zero-order valence-corrected chi connectivity index (χ0v) is 15.0.